The third kappa shape index (κ3) is 6.84. The molecular weight excluding hydrogens is 364 g/mol. The Morgan fingerprint density at radius 3 is 2.70 bits per heavy atom. The number of nitrogens with zero attached hydrogens (tertiary/aromatic N) is 3. The molecule has 1 aromatic heterocycles. The first-order chi connectivity index (χ1) is 12.9. The summed E-state index contributed by atoms with van der Waals surface area (Å²) < 4.78 is 10.8. The largest absolute Gasteiger partial charge is 0.438 e. The van der Waals surface area contributed by atoms with Crippen molar-refractivity contribution in [1.82, 2.24) is 9.97 Å². The first-order valence-corrected chi connectivity index (χ1v) is 10.3. The van der Waals surface area contributed by atoms with E-state index in [1.165, 1.54) is 0 Å². The van der Waals surface area contributed by atoms with Gasteiger partial charge >= 0.3 is 6.09 Å². The van der Waals surface area contributed by atoms with Crippen molar-refractivity contribution in [2.75, 3.05) is 22.8 Å². The summed E-state index contributed by atoms with van der Waals surface area (Å²) in [5.74, 6) is 1.24. The molecule has 7 nitrogen and oxygen atoms in total. The van der Waals surface area contributed by atoms with Crippen LogP contribution in [0.4, 0.5) is 16.6 Å². The predicted molar refractivity (Wildman–Crippen MR) is 115 cm³/mol. The molecule has 8 heteroatoms. The monoisotopic (exact) mass is 400 g/mol. The quantitative estimate of drug-likeness (QED) is 0.514. The van der Waals surface area contributed by atoms with Crippen LogP contribution in [0.5, 0.6) is 0 Å². The van der Waals surface area contributed by atoms with E-state index in [1.54, 1.807) is 17.2 Å². The van der Waals surface area contributed by atoms with E-state index in [2.05, 4.69) is 34.8 Å². The van der Waals surface area contributed by atoms with Crippen molar-refractivity contribution in [2.24, 2.45) is 5.92 Å². The van der Waals surface area contributed by atoms with E-state index in [-0.39, 0.29) is 31.5 Å². The molecule has 0 spiro atoms. The highest BCUT2D eigenvalue weighted by Gasteiger charge is 2.28. The minimum atomic E-state index is -0.465. The van der Waals surface area contributed by atoms with Gasteiger partial charge < -0.3 is 14.8 Å². The third-order valence-corrected chi connectivity index (χ3v) is 4.65. The molecule has 0 bridgehead atoms. The maximum atomic E-state index is 12.4. The van der Waals surface area contributed by atoms with Crippen LogP contribution < -0.4 is 10.2 Å². The van der Waals surface area contributed by atoms with Crippen molar-refractivity contribution in [3.05, 3.63) is 12.3 Å². The van der Waals surface area contributed by atoms with Crippen molar-refractivity contribution in [1.29, 1.82) is 0 Å². The number of hydrogen-bond donors (Lipinski definition) is 2. The summed E-state index contributed by atoms with van der Waals surface area (Å²) in [4.78, 5) is 22.7. The normalized spacial score (nSPS) is 18.3. The molecule has 2 heterocycles. The molecule has 2 rings (SSSR count). The molecule has 0 saturated carbocycles. The average molecular weight is 401 g/mol. The minimum absolute atomic E-state index is 0. The zero-order valence-corrected chi connectivity index (χ0v) is 18.2. The SMILES string of the molecule is CC.CC(Nc1nccc(N(C(=O)OCS)[C@@H](C)C(C)C)n1)C1CCCO1.[HH]. The summed E-state index contributed by atoms with van der Waals surface area (Å²) in [7, 11) is 0. The number of nitrogens with one attached hydrogen (secondary N) is 1. The van der Waals surface area contributed by atoms with Gasteiger partial charge in [-0.3, -0.25) is 4.90 Å². The van der Waals surface area contributed by atoms with Crippen LogP contribution >= 0.6 is 12.6 Å². The van der Waals surface area contributed by atoms with Crippen LogP contribution in [0, 0.1) is 5.92 Å². The fraction of sp³-hybridized carbons (Fsp3) is 0.737. The number of hydrogen-bond acceptors (Lipinski definition) is 7. The Labute approximate surface area is 170 Å². The van der Waals surface area contributed by atoms with Gasteiger partial charge in [0.25, 0.3) is 0 Å². The highest BCUT2D eigenvalue weighted by atomic mass is 32.1. The number of amides is 1. The Bertz CT molecular complexity index is 574. The molecule has 1 aromatic rings. The Kier molecular flexibility index (Phi) is 10.5. The molecular formula is C19H36N4O3S. The first kappa shape index (κ1) is 23.5. The summed E-state index contributed by atoms with van der Waals surface area (Å²) in [5, 5.41) is 3.28. The highest BCUT2D eigenvalue weighted by Crippen LogP contribution is 2.22. The smallest absolute Gasteiger partial charge is 0.416 e. The van der Waals surface area contributed by atoms with E-state index in [9.17, 15) is 4.79 Å². The second kappa shape index (κ2) is 12.0. The number of carbonyl (C=O) groups is 1. The topological polar surface area (TPSA) is 76.6 Å². The van der Waals surface area contributed by atoms with Crippen molar-refractivity contribution in [2.45, 2.75) is 72.6 Å². The number of thiol groups is 1. The molecule has 156 valence electrons. The molecule has 0 aromatic carbocycles. The molecule has 27 heavy (non-hydrogen) atoms. The minimum Gasteiger partial charge on any atom is -0.438 e. The van der Waals surface area contributed by atoms with Gasteiger partial charge in [-0.1, -0.05) is 27.7 Å². The van der Waals surface area contributed by atoms with Gasteiger partial charge in [-0.15, -0.1) is 12.6 Å². The summed E-state index contributed by atoms with van der Waals surface area (Å²) in [6.07, 6.45) is 3.44. The third-order valence-electron chi connectivity index (χ3n) is 4.52. The highest BCUT2D eigenvalue weighted by molar-refractivity contribution is 7.80. The Morgan fingerprint density at radius 2 is 2.15 bits per heavy atom. The zero-order valence-electron chi connectivity index (χ0n) is 17.3. The number of aromatic nitrogens is 2. The van der Waals surface area contributed by atoms with Crippen molar-refractivity contribution in [3.63, 3.8) is 0 Å². The van der Waals surface area contributed by atoms with Gasteiger partial charge in [0.2, 0.25) is 5.95 Å². The van der Waals surface area contributed by atoms with Crippen LogP contribution in [0.15, 0.2) is 12.3 Å². The van der Waals surface area contributed by atoms with Gasteiger partial charge in [0, 0.05) is 20.3 Å². The van der Waals surface area contributed by atoms with Gasteiger partial charge in [-0.25, -0.2) is 9.78 Å². The molecule has 1 amide bonds. The van der Waals surface area contributed by atoms with Crippen LogP contribution in [0.3, 0.4) is 0 Å². The number of ether oxygens (including phenoxy) is 2. The summed E-state index contributed by atoms with van der Waals surface area (Å²) in [5.41, 5.74) is 0. The molecule has 1 aliphatic heterocycles. The van der Waals surface area contributed by atoms with E-state index in [4.69, 9.17) is 9.47 Å². The second-order valence-corrected chi connectivity index (χ2v) is 6.88. The molecule has 2 unspecified atom stereocenters. The lowest BCUT2D eigenvalue weighted by Crippen LogP contribution is -2.42. The molecule has 0 radical (unpaired) electrons. The lowest BCUT2D eigenvalue weighted by Gasteiger charge is -2.30. The average Bonchev–Trinajstić information content (AvgIpc) is 3.19. The zero-order chi connectivity index (χ0) is 20.4. The maximum absolute atomic E-state index is 12.4. The number of anilines is 2. The lowest BCUT2D eigenvalue weighted by molar-refractivity contribution is 0.0994. The second-order valence-electron chi connectivity index (χ2n) is 6.62. The Morgan fingerprint density at radius 1 is 1.44 bits per heavy atom. The first-order valence-electron chi connectivity index (χ1n) is 9.72. The van der Waals surface area contributed by atoms with E-state index in [0.29, 0.717) is 11.8 Å². The molecule has 3 atom stereocenters. The van der Waals surface area contributed by atoms with Crippen LogP contribution in [0.25, 0.3) is 0 Å². The van der Waals surface area contributed by atoms with Gasteiger partial charge in [0.05, 0.1) is 12.1 Å². The van der Waals surface area contributed by atoms with E-state index in [1.807, 2.05) is 34.6 Å². The Hall–Kier alpha value is -1.54. The number of rotatable bonds is 7. The van der Waals surface area contributed by atoms with Crippen LogP contribution in [0.1, 0.15) is 55.8 Å². The van der Waals surface area contributed by atoms with Crippen LogP contribution in [-0.4, -0.2) is 46.8 Å². The van der Waals surface area contributed by atoms with E-state index < -0.39 is 6.09 Å². The number of carbonyl (C=O) groups excluding carboxylic acids is 1. The van der Waals surface area contributed by atoms with E-state index >= 15 is 0 Å². The van der Waals surface area contributed by atoms with Crippen molar-refractivity contribution < 1.29 is 15.7 Å². The fourth-order valence-electron chi connectivity index (χ4n) is 2.74. The standard InChI is InChI=1S/C17H28N4O3S.C2H6.H2/c1-11(2)13(4)21(17(22)24-10-25)15-7-8-18-16(20-15)19-12(3)14-6-5-9-23-14;1-2;/h7-8,11-14,25H,5-6,9-10H2,1-4H3,(H,18,19,20);1-2H3;1H/t12?,13-,14?;;/m0../s1. The van der Waals surface area contributed by atoms with Gasteiger partial charge in [-0.05, 0) is 38.7 Å². The fourth-order valence-corrected chi connectivity index (χ4v) is 2.85. The molecule has 1 N–H and O–H groups in total. The van der Waals surface area contributed by atoms with Crippen LogP contribution in [0.2, 0.25) is 0 Å². The molecule has 0 aliphatic carbocycles. The molecule has 1 fully saturated rings. The van der Waals surface area contributed by atoms with Gasteiger partial charge in [0.1, 0.15) is 11.8 Å². The molecule has 1 saturated heterocycles. The van der Waals surface area contributed by atoms with Gasteiger partial charge in [0.15, 0.2) is 0 Å². The summed E-state index contributed by atoms with van der Waals surface area (Å²) >= 11 is 3.97. The van der Waals surface area contributed by atoms with Crippen molar-refractivity contribution >= 4 is 30.5 Å². The predicted octanol–water partition coefficient (Wildman–Crippen LogP) is 4.60. The van der Waals surface area contributed by atoms with E-state index in [0.717, 1.165) is 19.4 Å². The van der Waals surface area contributed by atoms with Gasteiger partial charge in [-0.2, -0.15) is 4.98 Å². The summed E-state index contributed by atoms with van der Waals surface area (Å²) in [6, 6.07) is 1.73. The maximum Gasteiger partial charge on any atom is 0.416 e. The lowest BCUT2D eigenvalue weighted by atomic mass is 10.1. The summed E-state index contributed by atoms with van der Waals surface area (Å²) in [6.45, 7) is 12.9. The van der Waals surface area contributed by atoms with Crippen molar-refractivity contribution in [3.8, 4) is 0 Å². The molecule has 1 aliphatic rings. The van der Waals surface area contributed by atoms with Crippen LogP contribution in [-0.2, 0) is 9.47 Å². The Balaban J connectivity index is 0.00000235.